The first-order valence-corrected chi connectivity index (χ1v) is 7.77. The molecule has 2 rings (SSSR count). The molecule has 2 unspecified atom stereocenters. The summed E-state index contributed by atoms with van der Waals surface area (Å²) in [7, 11) is 4.17. The minimum Gasteiger partial charge on any atom is -0.465 e. The Morgan fingerprint density at radius 3 is 2.38 bits per heavy atom. The van der Waals surface area contributed by atoms with E-state index < -0.39 is 0 Å². The largest absolute Gasteiger partial charge is 0.465 e. The zero-order valence-electron chi connectivity index (χ0n) is 14.5. The van der Waals surface area contributed by atoms with Gasteiger partial charge in [-0.05, 0) is 60.8 Å². The first kappa shape index (κ1) is 16.5. The molecule has 1 saturated heterocycles. The van der Waals surface area contributed by atoms with Crippen LogP contribution in [0.2, 0.25) is 0 Å². The van der Waals surface area contributed by atoms with E-state index in [-0.39, 0.29) is 11.2 Å². The molecule has 1 aliphatic rings. The van der Waals surface area contributed by atoms with Crippen LogP contribution in [0.3, 0.4) is 0 Å². The van der Waals surface area contributed by atoms with E-state index in [9.17, 15) is 0 Å². The molecule has 0 aromatic carbocycles. The Morgan fingerprint density at radius 2 is 1.86 bits per heavy atom. The molecule has 0 aliphatic carbocycles. The summed E-state index contributed by atoms with van der Waals surface area (Å²) in [6, 6.07) is 4.42. The van der Waals surface area contributed by atoms with Crippen molar-refractivity contribution in [3.8, 4) is 0 Å². The summed E-state index contributed by atoms with van der Waals surface area (Å²) in [5.41, 5.74) is -0.282. The van der Waals surface area contributed by atoms with Crippen molar-refractivity contribution in [3.63, 3.8) is 0 Å². The summed E-state index contributed by atoms with van der Waals surface area (Å²) in [5.74, 6) is 2.42. The molecule has 1 aromatic rings. The van der Waals surface area contributed by atoms with E-state index in [4.69, 9.17) is 9.15 Å². The van der Waals surface area contributed by atoms with Crippen LogP contribution < -0.4 is 5.32 Å². The minimum absolute atomic E-state index is 0.134. The van der Waals surface area contributed by atoms with E-state index in [1.165, 1.54) is 0 Å². The van der Waals surface area contributed by atoms with Crippen LogP contribution >= 0.6 is 0 Å². The molecule has 4 heteroatoms. The number of hydrogen-bond donors (Lipinski definition) is 1. The Kier molecular flexibility index (Phi) is 4.52. The van der Waals surface area contributed by atoms with Crippen molar-refractivity contribution < 1.29 is 9.15 Å². The van der Waals surface area contributed by atoms with E-state index in [1.54, 1.807) is 0 Å². The molecule has 1 fully saturated rings. The number of likely N-dealkylation sites (N-methyl/N-ethyl adjacent to an activating group) is 1. The zero-order valence-corrected chi connectivity index (χ0v) is 14.5. The van der Waals surface area contributed by atoms with Crippen LogP contribution in [-0.4, -0.2) is 42.8 Å². The van der Waals surface area contributed by atoms with Gasteiger partial charge in [0.15, 0.2) is 0 Å². The highest BCUT2D eigenvalue weighted by Crippen LogP contribution is 2.42. The van der Waals surface area contributed by atoms with E-state index in [1.807, 2.05) is 20.0 Å². The predicted molar refractivity (Wildman–Crippen MR) is 85.4 cm³/mol. The fourth-order valence-corrected chi connectivity index (χ4v) is 3.81. The zero-order chi connectivity index (χ0) is 15.8. The summed E-state index contributed by atoms with van der Waals surface area (Å²) >= 11 is 0. The van der Waals surface area contributed by atoms with E-state index in [0.29, 0.717) is 12.0 Å². The first-order chi connectivity index (χ1) is 9.65. The molecule has 0 spiro atoms. The van der Waals surface area contributed by atoms with Gasteiger partial charge in [0.1, 0.15) is 11.5 Å². The van der Waals surface area contributed by atoms with Crippen molar-refractivity contribution >= 4 is 0 Å². The van der Waals surface area contributed by atoms with Gasteiger partial charge in [-0.1, -0.05) is 0 Å². The topological polar surface area (TPSA) is 37.6 Å². The van der Waals surface area contributed by atoms with Crippen molar-refractivity contribution in [2.75, 3.05) is 20.6 Å². The van der Waals surface area contributed by atoms with Crippen molar-refractivity contribution in [2.24, 2.45) is 5.92 Å². The highest BCUT2D eigenvalue weighted by Gasteiger charge is 2.53. The maximum atomic E-state index is 6.29. The SMILES string of the molecule is CNC1C(CN(C)Cc2ccc(C)o2)C(C)(C)OC1(C)C. The molecule has 120 valence electrons. The summed E-state index contributed by atoms with van der Waals surface area (Å²) in [4.78, 5) is 2.32. The third-order valence-corrected chi connectivity index (χ3v) is 4.61. The number of furan rings is 1. The molecular formula is C17H30N2O2. The van der Waals surface area contributed by atoms with Gasteiger partial charge in [-0.3, -0.25) is 4.90 Å². The number of ether oxygens (including phenoxy) is 1. The quantitative estimate of drug-likeness (QED) is 0.906. The van der Waals surface area contributed by atoms with Crippen molar-refractivity contribution in [2.45, 2.75) is 58.4 Å². The minimum atomic E-state index is -0.148. The smallest absolute Gasteiger partial charge is 0.118 e. The Morgan fingerprint density at radius 1 is 1.19 bits per heavy atom. The average Bonchev–Trinajstić information content (AvgIpc) is 2.78. The van der Waals surface area contributed by atoms with Crippen molar-refractivity contribution in [1.82, 2.24) is 10.2 Å². The Bertz CT molecular complexity index is 479. The molecule has 2 heterocycles. The average molecular weight is 294 g/mol. The lowest BCUT2D eigenvalue weighted by atomic mass is 9.82. The third kappa shape index (κ3) is 3.50. The molecule has 21 heavy (non-hydrogen) atoms. The van der Waals surface area contributed by atoms with Gasteiger partial charge >= 0.3 is 0 Å². The molecule has 1 aliphatic heterocycles. The van der Waals surface area contributed by atoms with Crippen LogP contribution in [-0.2, 0) is 11.3 Å². The molecular weight excluding hydrogens is 264 g/mol. The number of hydrogen-bond acceptors (Lipinski definition) is 4. The lowest BCUT2D eigenvalue weighted by Gasteiger charge is -2.32. The van der Waals surface area contributed by atoms with Crippen LogP contribution in [0, 0.1) is 12.8 Å². The number of rotatable bonds is 5. The fraction of sp³-hybridized carbons (Fsp3) is 0.765. The van der Waals surface area contributed by atoms with Gasteiger partial charge in [-0.2, -0.15) is 0 Å². The van der Waals surface area contributed by atoms with Gasteiger partial charge in [-0.25, -0.2) is 0 Å². The van der Waals surface area contributed by atoms with Gasteiger partial charge < -0.3 is 14.5 Å². The lowest BCUT2D eigenvalue weighted by Crippen LogP contribution is -2.49. The maximum absolute atomic E-state index is 6.29. The highest BCUT2D eigenvalue weighted by atomic mass is 16.5. The fourth-order valence-electron chi connectivity index (χ4n) is 3.81. The molecule has 4 nitrogen and oxygen atoms in total. The number of nitrogens with one attached hydrogen (secondary N) is 1. The van der Waals surface area contributed by atoms with Gasteiger partial charge in [0.05, 0.1) is 17.7 Å². The van der Waals surface area contributed by atoms with Gasteiger partial charge in [-0.15, -0.1) is 0 Å². The van der Waals surface area contributed by atoms with Crippen LogP contribution in [0.25, 0.3) is 0 Å². The summed E-state index contributed by atoms with van der Waals surface area (Å²) in [5, 5.41) is 3.46. The second kappa shape index (κ2) is 5.75. The number of nitrogens with zero attached hydrogens (tertiary/aromatic N) is 1. The standard InChI is InChI=1S/C17H30N2O2/c1-12-8-9-13(20-12)10-19(7)11-14-15(18-6)17(4,5)21-16(14,2)3/h8-9,14-15,18H,10-11H2,1-7H3. The summed E-state index contributed by atoms with van der Waals surface area (Å²) < 4.78 is 12.0. The van der Waals surface area contributed by atoms with Gasteiger partial charge in [0.2, 0.25) is 0 Å². The summed E-state index contributed by atoms with van der Waals surface area (Å²) in [6.07, 6.45) is 0. The Labute approximate surface area is 128 Å². The Balaban J connectivity index is 2.06. The molecule has 0 saturated carbocycles. The second-order valence-electron chi connectivity index (χ2n) is 7.39. The second-order valence-corrected chi connectivity index (χ2v) is 7.39. The highest BCUT2D eigenvalue weighted by molar-refractivity contribution is 5.07. The maximum Gasteiger partial charge on any atom is 0.118 e. The molecule has 1 aromatic heterocycles. The van der Waals surface area contributed by atoms with Crippen LogP contribution in [0.1, 0.15) is 39.2 Å². The lowest BCUT2D eigenvalue weighted by molar-refractivity contribution is -0.0792. The van der Waals surface area contributed by atoms with Crippen molar-refractivity contribution in [3.05, 3.63) is 23.7 Å². The van der Waals surface area contributed by atoms with Crippen molar-refractivity contribution in [1.29, 1.82) is 0 Å². The van der Waals surface area contributed by atoms with Gasteiger partial charge in [0.25, 0.3) is 0 Å². The van der Waals surface area contributed by atoms with Crippen LogP contribution in [0.5, 0.6) is 0 Å². The van der Waals surface area contributed by atoms with Crippen LogP contribution in [0.15, 0.2) is 16.5 Å². The van der Waals surface area contributed by atoms with Gasteiger partial charge in [0, 0.05) is 18.5 Å². The summed E-state index contributed by atoms with van der Waals surface area (Å²) in [6.45, 7) is 12.5. The molecule has 0 amide bonds. The van der Waals surface area contributed by atoms with Crippen LogP contribution in [0.4, 0.5) is 0 Å². The molecule has 2 atom stereocenters. The Hall–Kier alpha value is -0.840. The third-order valence-electron chi connectivity index (χ3n) is 4.61. The van der Waals surface area contributed by atoms with E-state index >= 15 is 0 Å². The normalized spacial score (nSPS) is 27.4. The molecule has 1 N–H and O–H groups in total. The predicted octanol–water partition coefficient (Wildman–Crippen LogP) is 2.81. The van der Waals surface area contributed by atoms with E-state index in [2.05, 4.69) is 51.0 Å². The molecule has 0 radical (unpaired) electrons. The molecule has 0 bridgehead atoms. The first-order valence-electron chi connectivity index (χ1n) is 7.77. The monoisotopic (exact) mass is 294 g/mol. The number of aryl methyl sites for hydroxylation is 1. The van der Waals surface area contributed by atoms with E-state index in [0.717, 1.165) is 24.6 Å².